The summed E-state index contributed by atoms with van der Waals surface area (Å²) in [6, 6.07) is 14.6. The molecule has 0 atom stereocenters. The highest BCUT2D eigenvalue weighted by Crippen LogP contribution is 2.12. The Morgan fingerprint density at radius 3 is 2.45 bits per heavy atom. The monoisotopic (exact) mass is 325 g/mol. The highest BCUT2D eigenvalue weighted by molar-refractivity contribution is 5.85. The predicted octanol–water partition coefficient (Wildman–Crippen LogP) is 2.95. The lowest BCUT2D eigenvalue weighted by Gasteiger charge is -2.08. The number of nitrogens with one attached hydrogen (secondary N) is 1. The molecule has 2 rings (SSSR count). The number of hydrogen-bond acceptors (Lipinski definition) is 3. The lowest BCUT2D eigenvalue weighted by atomic mass is 10.1. The molecule has 0 unspecified atom stereocenters. The molecule has 0 saturated carbocycles. The first-order valence-electron chi connectivity index (χ1n) is 7.06. The van der Waals surface area contributed by atoms with Crippen LogP contribution in [0.25, 0.3) is 0 Å². The van der Waals surface area contributed by atoms with Crippen LogP contribution in [0.15, 0.2) is 48.5 Å². The van der Waals surface area contributed by atoms with Gasteiger partial charge in [0, 0.05) is 6.54 Å². The summed E-state index contributed by atoms with van der Waals surface area (Å²) >= 11 is 0. The molecule has 22 heavy (non-hydrogen) atoms. The predicted molar refractivity (Wildman–Crippen MR) is 88.1 cm³/mol. The van der Waals surface area contributed by atoms with Crippen molar-refractivity contribution in [2.24, 2.45) is 0 Å². The first-order chi connectivity index (χ1) is 10.3. The molecule has 2 aromatic carbocycles. The van der Waals surface area contributed by atoms with Gasteiger partial charge in [-0.3, -0.25) is 0 Å². The van der Waals surface area contributed by atoms with Gasteiger partial charge in [-0.25, -0.2) is 4.39 Å². The fraction of sp³-hybridized carbons (Fsp3) is 0.294. The standard InChI is InChI=1S/C17H20FNO2.ClH/c18-17-4-2-1-3-15(17)9-10-19-13-14-5-7-16(8-6-14)21-12-11-20;/h1-8,19-20H,9-13H2;1H. The number of aliphatic hydroxyl groups excluding tert-OH is 1. The van der Waals surface area contributed by atoms with E-state index in [2.05, 4.69) is 5.32 Å². The number of aliphatic hydroxyl groups is 1. The van der Waals surface area contributed by atoms with E-state index in [0.29, 0.717) is 13.0 Å². The molecule has 2 N–H and O–H groups in total. The van der Waals surface area contributed by atoms with Gasteiger partial charge in [0.25, 0.3) is 0 Å². The van der Waals surface area contributed by atoms with E-state index in [0.717, 1.165) is 30.0 Å². The van der Waals surface area contributed by atoms with Crippen molar-refractivity contribution in [3.05, 3.63) is 65.5 Å². The van der Waals surface area contributed by atoms with Crippen LogP contribution in [-0.4, -0.2) is 24.9 Å². The fourth-order valence-corrected chi connectivity index (χ4v) is 2.02. The van der Waals surface area contributed by atoms with Crippen LogP contribution in [0.5, 0.6) is 5.75 Å². The normalized spacial score (nSPS) is 10.1. The van der Waals surface area contributed by atoms with Gasteiger partial charge in [0.2, 0.25) is 0 Å². The maximum Gasteiger partial charge on any atom is 0.126 e. The Labute approximate surface area is 136 Å². The van der Waals surface area contributed by atoms with E-state index in [1.807, 2.05) is 36.4 Å². The molecule has 0 radical (unpaired) electrons. The molecule has 3 nitrogen and oxygen atoms in total. The van der Waals surface area contributed by atoms with Crippen molar-refractivity contribution in [1.29, 1.82) is 0 Å². The molecule has 5 heteroatoms. The average Bonchev–Trinajstić information content (AvgIpc) is 2.52. The first kappa shape index (κ1) is 18.4. The van der Waals surface area contributed by atoms with E-state index < -0.39 is 0 Å². The molecule has 0 aliphatic rings. The lowest BCUT2D eigenvalue weighted by molar-refractivity contribution is 0.201. The van der Waals surface area contributed by atoms with Gasteiger partial charge < -0.3 is 15.2 Å². The molecule has 120 valence electrons. The molecule has 0 heterocycles. The van der Waals surface area contributed by atoms with Crippen LogP contribution in [-0.2, 0) is 13.0 Å². The zero-order valence-corrected chi connectivity index (χ0v) is 13.1. The molecule has 0 aromatic heterocycles. The SMILES string of the molecule is Cl.OCCOc1ccc(CNCCc2ccccc2F)cc1. The summed E-state index contributed by atoms with van der Waals surface area (Å²) in [4.78, 5) is 0. The van der Waals surface area contributed by atoms with Crippen LogP contribution >= 0.6 is 12.4 Å². The zero-order valence-electron chi connectivity index (χ0n) is 12.3. The summed E-state index contributed by atoms with van der Waals surface area (Å²) < 4.78 is 18.7. The van der Waals surface area contributed by atoms with Gasteiger partial charge >= 0.3 is 0 Å². The van der Waals surface area contributed by atoms with Crippen molar-refractivity contribution >= 4 is 12.4 Å². The Balaban J connectivity index is 0.00000242. The molecule has 0 fully saturated rings. The Hall–Kier alpha value is -1.62. The Morgan fingerprint density at radius 2 is 1.77 bits per heavy atom. The summed E-state index contributed by atoms with van der Waals surface area (Å²) in [6.07, 6.45) is 0.671. The zero-order chi connectivity index (χ0) is 14.9. The van der Waals surface area contributed by atoms with Gasteiger partial charge in [-0.15, -0.1) is 12.4 Å². The van der Waals surface area contributed by atoms with Gasteiger partial charge in [-0.2, -0.15) is 0 Å². The minimum Gasteiger partial charge on any atom is -0.491 e. The maximum atomic E-state index is 13.4. The summed E-state index contributed by atoms with van der Waals surface area (Å²) in [5.41, 5.74) is 1.87. The molecule has 0 spiro atoms. The molecule has 0 aliphatic carbocycles. The Kier molecular flexibility index (Phi) is 8.51. The highest BCUT2D eigenvalue weighted by Gasteiger charge is 2.00. The molecule has 0 aliphatic heterocycles. The number of ether oxygens (including phenoxy) is 1. The van der Waals surface area contributed by atoms with Gasteiger partial charge in [-0.05, 0) is 42.3 Å². The van der Waals surface area contributed by atoms with Gasteiger partial charge in [-0.1, -0.05) is 30.3 Å². The Morgan fingerprint density at radius 1 is 1.05 bits per heavy atom. The van der Waals surface area contributed by atoms with E-state index >= 15 is 0 Å². The number of halogens is 2. The van der Waals surface area contributed by atoms with Crippen LogP contribution in [0, 0.1) is 5.82 Å². The third kappa shape index (κ3) is 6.02. The van der Waals surface area contributed by atoms with E-state index in [1.54, 1.807) is 6.07 Å². The quantitative estimate of drug-likeness (QED) is 0.733. The number of hydrogen-bond donors (Lipinski definition) is 2. The molecule has 0 amide bonds. The van der Waals surface area contributed by atoms with E-state index in [-0.39, 0.29) is 24.8 Å². The number of benzene rings is 2. The largest absolute Gasteiger partial charge is 0.491 e. The summed E-state index contributed by atoms with van der Waals surface area (Å²) in [6.45, 7) is 1.78. The lowest BCUT2D eigenvalue weighted by Crippen LogP contribution is -2.17. The second-order valence-electron chi connectivity index (χ2n) is 4.73. The van der Waals surface area contributed by atoms with Crippen molar-refractivity contribution in [2.75, 3.05) is 19.8 Å². The number of rotatable bonds is 8. The fourth-order valence-electron chi connectivity index (χ4n) is 2.02. The van der Waals surface area contributed by atoms with Crippen molar-refractivity contribution < 1.29 is 14.2 Å². The molecular formula is C17H21ClFNO2. The van der Waals surface area contributed by atoms with Crippen molar-refractivity contribution in [2.45, 2.75) is 13.0 Å². The average molecular weight is 326 g/mol. The maximum absolute atomic E-state index is 13.4. The molecule has 0 bridgehead atoms. The third-order valence-electron chi connectivity index (χ3n) is 3.14. The summed E-state index contributed by atoms with van der Waals surface area (Å²) in [5, 5.41) is 12.0. The minimum absolute atomic E-state index is 0. The van der Waals surface area contributed by atoms with E-state index in [9.17, 15) is 4.39 Å². The van der Waals surface area contributed by atoms with Crippen LogP contribution in [0.1, 0.15) is 11.1 Å². The smallest absolute Gasteiger partial charge is 0.126 e. The van der Waals surface area contributed by atoms with Crippen molar-refractivity contribution in [1.82, 2.24) is 5.32 Å². The van der Waals surface area contributed by atoms with Crippen LogP contribution in [0.2, 0.25) is 0 Å². The van der Waals surface area contributed by atoms with E-state index in [1.165, 1.54) is 6.07 Å². The van der Waals surface area contributed by atoms with Gasteiger partial charge in [0.1, 0.15) is 18.2 Å². The highest BCUT2D eigenvalue weighted by atomic mass is 35.5. The summed E-state index contributed by atoms with van der Waals surface area (Å²) in [5.74, 6) is 0.601. The van der Waals surface area contributed by atoms with Gasteiger partial charge in [0.05, 0.1) is 6.61 Å². The minimum atomic E-state index is -0.148. The molecular weight excluding hydrogens is 305 g/mol. The van der Waals surface area contributed by atoms with Crippen molar-refractivity contribution in [3.8, 4) is 5.75 Å². The molecule has 2 aromatic rings. The second kappa shape index (κ2) is 10.2. The van der Waals surface area contributed by atoms with Crippen LogP contribution in [0.3, 0.4) is 0 Å². The van der Waals surface area contributed by atoms with Crippen LogP contribution < -0.4 is 10.1 Å². The molecule has 0 saturated heterocycles. The summed E-state index contributed by atoms with van der Waals surface area (Å²) in [7, 11) is 0. The first-order valence-corrected chi connectivity index (χ1v) is 7.06. The van der Waals surface area contributed by atoms with Crippen molar-refractivity contribution in [3.63, 3.8) is 0 Å². The third-order valence-corrected chi connectivity index (χ3v) is 3.14. The Bertz CT molecular complexity index is 549. The van der Waals surface area contributed by atoms with E-state index in [4.69, 9.17) is 9.84 Å². The topological polar surface area (TPSA) is 41.5 Å². The second-order valence-corrected chi connectivity index (χ2v) is 4.73. The van der Waals surface area contributed by atoms with Gasteiger partial charge in [0.15, 0.2) is 0 Å². The van der Waals surface area contributed by atoms with Crippen LogP contribution in [0.4, 0.5) is 4.39 Å².